The Kier molecular flexibility index (Phi) is 3.64. The summed E-state index contributed by atoms with van der Waals surface area (Å²) < 4.78 is 0.998. The fraction of sp³-hybridized carbons (Fsp3) is 0.462. The fourth-order valence-corrected chi connectivity index (χ4v) is 2.48. The van der Waals surface area contributed by atoms with Crippen LogP contribution in [0, 0.1) is 5.92 Å². The summed E-state index contributed by atoms with van der Waals surface area (Å²) in [6.07, 6.45) is 3.57. The molecule has 1 N–H and O–H groups in total. The molecule has 2 unspecified atom stereocenters. The molecule has 1 aromatic rings. The minimum atomic E-state index is 0.0475. The largest absolute Gasteiger partial charge is 0.349 e. The van der Waals surface area contributed by atoms with Crippen LogP contribution in [-0.2, 0) is 0 Å². The number of nitrogens with one attached hydrogen (secondary N) is 1. The molecule has 0 heterocycles. The Bertz CT molecular complexity index is 374. The van der Waals surface area contributed by atoms with Gasteiger partial charge in [-0.25, -0.2) is 0 Å². The van der Waals surface area contributed by atoms with Crippen molar-refractivity contribution in [3.8, 4) is 0 Å². The molecule has 2 atom stereocenters. The van der Waals surface area contributed by atoms with Gasteiger partial charge >= 0.3 is 0 Å². The Morgan fingerprint density at radius 3 is 2.56 bits per heavy atom. The predicted molar refractivity (Wildman–Crippen MR) is 68.4 cm³/mol. The van der Waals surface area contributed by atoms with Crippen molar-refractivity contribution in [3.63, 3.8) is 0 Å². The summed E-state index contributed by atoms with van der Waals surface area (Å²) in [6.45, 7) is 2.21. The number of hydrogen-bond acceptors (Lipinski definition) is 1. The second kappa shape index (κ2) is 5.00. The van der Waals surface area contributed by atoms with Crippen LogP contribution in [0.4, 0.5) is 0 Å². The molecule has 1 saturated carbocycles. The molecule has 0 spiro atoms. The minimum Gasteiger partial charge on any atom is -0.349 e. The first kappa shape index (κ1) is 11.6. The van der Waals surface area contributed by atoms with Crippen LogP contribution in [-0.4, -0.2) is 11.9 Å². The van der Waals surface area contributed by atoms with E-state index in [-0.39, 0.29) is 5.91 Å². The van der Waals surface area contributed by atoms with Crippen LogP contribution < -0.4 is 5.32 Å². The first-order valence-electron chi connectivity index (χ1n) is 5.73. The van der Waals surface area contributed by atoms with Crippen LogP contribution in [0.5, 0.6) is 0 Å². The van der Waals surface area contributed by atoms with Crippen molar-refractivity contribution in [1.82, 2.24) is 5.32 Å². The average Bonchev–Trinajstić information content (AvgIpc) is 2.65. The van der Waals surface area contributed by atoms with Crippen molar-refractivity contribution < 1.29 is 4.79 Å². The summed E-state index contributed by atoms with van der Waals surface area (Å²) in [5.41, 5.74) is 0.738. The van der Waals surface area contributed by atoms with Crippen LogP contribution in [0.1, 0.15) is 36.5 Å². The van der Waals surface area contributed by atoms with E-state index in [1.165, 1.54) is 12.8 Å². The first-order chi connectivity index (χ1) is 7.66. The molecule has 1 amide bonds. The van der Waals surface area contributed by atoms with Gasteiger partial charge in [0.2, 0.25) is 0 Å². The molecule has 0 saturated heterocycles. The monoisotopic (exact) mass is 281 g/mol. The van der Waals surface area contributed by atoms with Crippen molar-refractivity contribution in [2.45, 2.75) is 32.2 Å². The van der Waals surface area contributed by atoms with Crippen LogP contribution in [0.25, 0.3) is 0 Å². The number of halogens is 1. The van der Waals surface area contributed by atoms with E-state index in [0.717, 1.165) is 16.5 Å². The maximum atomic E-state index is 11.9. The molecule has 0 aliphatic heterocycles. The number of amides is 1. The zero-order chi connectivity index (χ0) is 11.5. The van der Waals surface area contributed by atoms with Crippen LogP contribution in [0.2, 0.25) is 0 Å². The third kappa shape index (κ3) is 2.64. The zero-order valence-electron chi connectivity index (χ0n) is 9.37. The lowest BCUT2D eigenvalue weighted by atomic mass is 10.1. The quantitative estimate of drug-likeness (QED) is 0.885. The van der Waals surface area contributed by atoms with Gasteiger partial charge in [-0.2, -0.15) is 0 Å². The van der Waals surface area contributed by atoms with Gasteiger partial charge in [-0.15, -0.1) is 0 Å². The molecule has 16 heavy (non-hydrogen) atoms. The highest BCUT2D eigenvalue weighted by Crippen LogP contribution is 2.25. The minimum absolute atomic E-state index is 0.0475. The van der Waals surface area contributed by atoms with E-state index >= 15 is 0 Å². The maximum Gasteiger partial charge on any atom is 0.251 e. The lowest BCUT2D eigenvalue weighted by molar-refractivity contribution is 0.0929. The second-order valence-corrected chi connectivity index (χ2v) is 5.41. The van der Waals surface area contributed by atoms with Gasteiger partial charge in [-0.05, 0) is 43.0 Å². The summed E-state index contributed by atoms with van der Waals surface area (Å²) >= 11 is 3.36. The van der Waals surface area contributed by atoms with E-state index in [4.69, 9.17) is 0 Å². The molecule has 0 aromatic heterocycles. The van der Waals surface area contributed by atoms with Gasteiger partial charge in [0.25, 0.3) is 5.91 Å². The molecule has 1 aliphatic rings. The summed E-state index contributed by atoms with van der Waals surface area (Å²) in [7, 11) is 0. The lowest BCUT2D eigenvalue weighted by Crippen LogP contribution is -2.36. The standard InChI is InChI=1S/C13H16BrNO/c1-9-3-2-4-12(9)15-13(16)10-5-7-11(14)8-6-10/h5-9,12H,2-4H2,1H3,(H,15,16). The Hall–Kier alpha value is -0.830. The van der Waals surface area contributed by atoms with Crippen molar-refractivity contribution in [2.24, 2.45) is 5.92 Å². The second-order valence-electron chi connectivity index (χ2n) is 4.50. The normalized spacial score (nSPS) is 24.4. The van der Waals surface area contributed by atoms with E-state index < -0.39 is 0 Å². The molecule has 1 aliphatic carbocycles. The zero-order valence-corrected chi connectivity index (χ0v) is 11.0. The van der Waals surface area contributed by atoms with Crippen LogP contribution in [0.15, 0.2) is 28.7 Å². The third-order valence-corrected chi connectivity index (χ3v) is 3.81. The Labute approximate surface area is 105 Å². The molecular formula is C13H16BrNO. The number of benzene rings is 1. The van der Waals surface area contributed by atoms with Gasteiger partial charge in [-0.1, -0.05) is 29.3 Å². The highest BCUT2D eigenvalue weighted by molar-refractivity contribution is 9.10. The first-order valence-corrected chi connectivity index (χ1v) is 6.52. The maximum absolute atomic E-state index is 11.9. The van der Waals surface area contributed by atoms with Crippen molar-refractivity contribution in [1.29, 1.82) is 0 Å². The van der Waals surface area contributed by atoms with Crippen molar-refractivity contribution in [3.05, 3.63) is 34.3 Å². The molecule has 3 heteroatoms. The van der Waals surface area contributed by atoms with E-state index in [2.05, 4.69) is 28.2 Å². The van der Waals surface area contributed by atoms with E-state index in [1.54, 1.807) is 0 Å². The number of carbonyl (C=O) groups is 1. The summed E-state index contributed by atoms with van der Waals surface area (Å²) in [5.74, 6) is 0.658. The molecule has 2 rings (SSSR count). The van der Waals surface area contributed by atoms with Gasteiger partial charge in [0.15, 0.2) is 0 Å². The summed E-state index contributed by atoms with van der Waals surface area (Å²) in [5, 5.41) is 3.11. The van der Waals surface area contributed by atoms with Gasteiger partial charge < -0.3 is 5.32 Å². The molecule has 2 nitrogen and oxygen atoms in total. The smallest absolute Gasteiger partial charge is 0.251 e. The van der Waals surface area contributed by atoms with E-state index in [1.807, 2.05) is 24.3 Å². The molecular weight excluding hydrogens is 266 g/mol. The Balaban J connectivity index is 2.00. The Morgan fingerprint density at radius 2 is 2.00 bits per heavy atom. The highest BCUT2D eigenvalue weighted by Gasteiger charge is 2.24. The molecule has 86 valence electrons. The van der Waals surface area contributed by atoms with Crippen LogP contribution >= 0.6 is 15.9 Å². The van der Waals surface area contributed by atoms with Crippen LogP contribution in [0.3, 0.4) is 0 Å². The van der Waals surface area contributed by atoms with Gasteiger partial charge in [0.1, 0.15) is 0 Å². The number of carbonyl (C=O) groups excluding carboxylic acids is 1. The molecule has 0 radical (unpaired) electrons. The van der Waals surface area contributed by atoms with Crippen molar-refractivity contribution in [2.75, 3.05) is 0 Å². The molecule has 0 bridgehead atoms. The van der Waals surface area contributed by atoms with E-state index in [9.17, 15) is 4.79 Å². The topological polar surface area (TPSA) is 29.1 Å². The summed E-state index contributed by atoms with van der Waals surface area (Å²) in [6, 6.07) is 7.84. The predicted octanol–water partition coefficient (Wildman–Crippen LogP) is 3.37. The van der Waals surface area contributed by atoms with Gasteiger partial charge in [-0.3, -0.25) is 4.79 Å². The number of hydrogen-bond donors (Lipinski definition) is 1. The fourth-order valence-electron chi connectivity index (χ4n) is 2.21. The SMILES string of the molecule is CC1CCCC1NC(=O)c1ccc(Br)cc1. The van der Waals surface area contributed by atoms with Gasteiger partial charge in [0.05, 0.1) is 0 Å². The molecule has 1 aromatic carbocycles. The molecule has 1 fully saturated rings. The summed E-state index contributed by atoms with van der Waals surface area (Å²) in [4.78, 5) is 11.9. The lowest BCUT2D eigenvalue weighted by Gasteiger charge is -2.17. The Morgan fingerprint density at radius 1 is 1.31 bits per heavy atom. The number of rotatable bonds is 2. The highest BCUT2D eigenvalue weighted by atomic mass is 79.9. The average molecular weight is 282 g/mol. The van der Waals surface area contributed by atoms with Gasteiger partial charge in [0, 0.05) is 16.1 Å². The van der Waals surface area contributed by atoms with Crippen molar-refractivity contribution >= 4 is 21.8 Å². The van der Waals surface area contributed by atoms with E-state index in [0.29, 0.717) is 12.0 Å². The third-order valence-electron chi connectivity index (χ3n) is 3.28.